The van der Waals surface area contributed by atoms with Crippen LogP contribution in [0.25, 0.3) is 11.0 Å². The monoisotopic (exact) mass is 444 g/mol. The summed E-state index contributed by atoms with van der Waals surface area (Å²) in [7, 11) is 0. The molecule has 3 rings (SSSR count). The van der Waals surface area contributed by atoms with Crippen molar-refractivity contribution in [3.8, 4) is 11.5 Å². The fourth-order valence-corrected chi connectivity index (χ4v) is 2.91. The van der Waals surface area contributed by atoms with E-state index in [1.165, 1.54) is 6.21 Å². The van der Waals surface area contributed by atoms with Gasteiger partial charge in [-0.1, -0.05) is 12.1 Å². The summed E-state index contributed by atoms with van der Waals surface area (Å²) in [6, 6.07) is 10.0. The highest BCUT2D eigenvalue weighted by Gasteiger charge is 2.11. The molecular weight excluding hydrogens is 428 g/mol. The SMILES string of the molecule is CCOc1cc(C=NN=C(N)c2nc3ccccc3n(O)c2=N)cc(Br)c1O. The molecule has 10 heteroatoms. The van der Waals surface area contributed by atoms with Crippen LogP contribution in [0, 0.1) is 5.41 Å². The maximum atomic E-state index is 10.1. The van der Waals surface area contributed by atoms with Crippen molar-refractivity contribution in [1.29, 1.82) is 5.41 Å². The smallest absolute Gasteiger partial charge is 0.191 e. The number of hydrogen-bond donors (Lipinski definition) is 4. The largest absolute Gasteiger partial charge is 0.503 e. The third-order valence-corrected chi connectivity index (χ3v) is 4.35. The Morgan fingerprint density at radius 1 is 1.39 bits per heavy atom. The summed E-state index contributed by atoms with van der Waals surface area (Å²) in [5.41, 5.74) is 7.05. The zero-order valence-corrected chi connectivity index (χ0v) is 16.4. The molecule has 2 aromatic carbocycles. The van der Waals surface area contributed by atoms with Crippen LogP contribution >= 0.6 is 15.9 Å². The first-order chi connectivity index (χ1) is 13.4. The molecule has 0 amide bonds. The number of hydrogen-bond acceptors (Lipinski definition) is 7. The lowest BCUT2D eigenvalue weighted by molar-refractivity contribution is 0.183. The molecule has 0 atom stereocenters. The maximum Gasteiger partial charge on any atom is 0.191 e. The molecule has 0 bridgehead atoms. The summed E-state index contributed by atoms with van der Waals surface area (Å²) in [4.78, 5) is 4.27. The Hall–Kier alpha value is -3.40. The number of nitrogens with one attached hydrogen (secondary N) is 1. The molecule has 0 aliphatic heterocycles. The van der Waals surface area contributed by atoms with Crippen LogP contribution in [0.5, 0.6) is 11.5 Å². The molecule has 5 N–H and O–H groups in total. The van der Waals surface area contributed by atoms with Crippen molar-refractivity contribution in [2.75, 3.05) is 6.61 Å². The molecule has 0 fully saturated rings. The van der Waals surface area contributed by atoms with Gasteiger partial charge in [0.05, 0.1) is 22.8 Å². The van der Waals surface area contributed by atoms with Crippen LogP contribution < -0.4 is 16.0 Å². The van der Waals surface area contributed by atoms with Crippen LogP contribution in [0.15, 0.2) is 51.1 Å². The Labute approximate surface area is 168 Å². The number of benzene rings is 2. The molecule has 1 aromatic heterocycles. The van der Waals surface area contributed by atoms with Gasteiger partial charge in [0.15, 0.2) is 28.5 Å². The number of amidine groups is 1. The fourth-order valence-electron chi connectivity index (χ4n) is 2.45. The molecule has 0 saturated heterocycles. The number of halogens is 1. The van der Waals surface area contributed by atoms with E-state index in [-0.39, 0.29) is 22.8 Å². The van der Waals surface area contributed by atoms with E-state index in [4.69, 9.17) is 15.9 Å². The van der Waals surface area contributed by atoms with Crippen molar-refractivity contribution < 1.29 is 15.1 Å². The highest BCUT2D eigenvalue weighted by atomic mass is 79.9. The number of nitrogens with two attached hydrogens (primary N) is 1. The lowest BCUT2D eigenvalue weighted by Gasteiger charge is -2.08. The third-order valence-electron chi connectivity index (χ3n) is 3.74. The topological polar surface area (TPSA) is 142 Å². The van der Waals surface area contributed by atoms with Crippen LogP contribution in [0.4, 0.5) is 0 Å². The Morgan fingerprint density at radius 2 is 2.14 bits per heavy atom. The van der Waals surface area contributed by atoms with Gasteiger partial charge in [-0.25, -0.2) is 4.98 Å². The second-order valence-electron chi connectivity index (χ2n) is 5.62. The van der Waals surface area contributed by atoms with Crippen molar-refractivity contribution in [3.63, 3.8) is 0 Å². The summed E-state index contributed by atoms with van der Waals surface area (Å²) >= 11 is 3.25. The number of fused-ring (bicyclic) bond motifs is 1. The second kappa shape index (κ2) is 8.09. The minimum absolute atomic E-state index is 0.000224. The first-order valence-corrected chi connectivity index (χ1v) is 8.99. The normalized spacial score (nSPS) is 12.0. The molecule has 3 aromatic rings. The summed E-state index contributed by atoms with van der Waals surface area (Å²) in [6.45, 7) is 2.20. The van der Waals surface area contributed by atoms with E-state index >= 15 is 0 Å². The molecule has 1 heterocycles. The van der Waals surface area contributed by atoms with Gasteiger partial charge in [0, 0.05) is 0 Å². The van der Waals surface area contributed by atoms with Crippen molar-refractivity contribution in [2.24, 2.45) is 15.9 Å². The van der Waals surface area contributed by atoms with Gasteiger partial charge < -0.3 is 20.8 Å². The first-order valence-electron chi connectivity index (χ1n) is 8.20. The van der Waals surface area contributed by atoms with Crippen LogP contribution in [-0.2, 0) is 0 Å². The Kier molecular flexibility index (Phi) is 5.59. The number of rotatable bonds is 5. The second-order valence-corrected chi connectivity index (χ2v) is 6.48. The molecule has 0 aliphatic carbocycles. The highest BCUT2D eigenvalue weighted by molar-refractivity contribution is 9.10. The maximum absolute atomic E-state index is 10.1. The standard InChI is InChI=1S/C18H17BrN6O3/c1-2-28-14-8-10(7-11(19)16(14)26)9-22-24-17(20)15-18(21)25(27)13-6-4-3-5-12(13)23-15/h3-9,21,26-27H,2H2,1H3,(H2,20,24). The van der Waals surface area contributed by atoms with E-state index in [2.05, 4.69) is 31.1 Å². The number of ether oxygens (including phenoxy) is 1. The number of phenols is 1. The van der Waals surface area contributed by atoms with Gasteiger partial charge in [-0.3, -0.25) is 5.41 Å². The predicted molar refractivity (Wildman–Crippen MR) is 108 cm³/mol. The number of aromatic hydroxyl groups is 1. The van der Waals surface area contributed by atoms with Gasteiger partial charge in [-0.2, -0.15) is 9.83 Å². The first kappa shape index (κ1) is 19.4. The average Bonchev–Trinajstić information content (AvgIpc) is 2.68. The Balaban J connectivity index is 1.94. The van der Waals surface area contributed by atoms with Gasteiger partial charge in [0.1, 0.15) is 5.52 Å². The van der Waals surface area contributed by atoms with E-state index in [1.54, 1.807) is 36.4 Å². The molecule has 0 radical (unpaired) electrons. The quantitative estimate of drug-likeness (QED) is 0.206. The number of phenolic OH excluding ortho intramolecular Hbond substituents is 1. The van der Waals surface area contributed by atoms with Crippen LogP contribution in [0.2, 0.25) is 0 Å². The molecule has 0 saturated carbocycles. The molecule has 9 nitrogen and oxygen atoms in total. The van der Waals surface area contributed by atoms with Crippen molar-refractivity contribution >= 4 is 39.0 Å². The molecular formula is C18H17BrN6O3. The zero-order valence-electron chi connectivity index (χ0n) is 14.8. The van der Waals surface area contributed by atoms with Gasteiger partial charge in [-0.15, -0.1) is 5.10 Å². The summed E-state index contributed by atoms with van der Waals surface area (Å²) in [6.07, 6.45) is 1.41. The fraction of sp³-hybridized carbons (Fsp3) is 0.111. The van der Waals surface area contributed by atoms with Crippen LogP contribution in [0.3, 0.4) is 0 Å². The summed E-state index contributed by atoms with van der Waals surface area (Å²) in [5, 5.41) is 35.9. The van der Waals surface area contributed by atoms with E-state index in [1.807, 2.05) is 6.92 Å². The van der Waals surface area contributed by atoms with Crippen molar-refractivity contribution in [3.05, 3.63) is 57.6 Å². The number of nitrogens with zero attached hydrogens (tertiary/aromatic N) is 4. The number of aromatic nitrogens is 2. The minimum atomic E-state index is -0.304. The molecule has 144 valence electrons. The lowest BCUT2D eigenvalue weighted by Crippen LogP contribution is -2.31. The van der Waals surface area contributed by atoms with Gasteiger partial charge in [0.2, 0.25) is 0 Å². The lowest BCUT2D eigenvalue weighted by atomic mass is 10.2. The highest BCUT2D eigenvalue weighted by Crippen LogP contribution is 2.35. The Morgan fingerprint density at radius 3 is 2.89 bits per heavy atom. The van der Waals surface area contributed by atoms with E-state index in [0.29, 0.717) is 38.2 Å². The van der Waals surface area contributed by atoms with Crippen molar-refractivity contribution in [1.82, 2.24) is 9.71 Å². The predicted octanol–water partition coefficient (Wildman–Crippen LogP) is 2.36. The van der Waals surface area contributed by atoms with Gasteiger partial charge in [-0.05, 0) is 52.7 Å². The number of para-hydroxylation sites is 2. The van der Waals surface area contributed by atoms with Gasteiger partial charge in [0.25, 0.3) is 0 Å². The molecule has 28 heavy (non-hydrogen) atoms. The van der Waals surface area contributed by atoms with Gasteiger partial charge >= 0.3 is 0 Å². The van der Waals surface area contributed by atoms with Crippen LogP contribution in [-0.4, -0.2) is 38.7 Å². The third kappa shape index (κ3) is 3.81. The minimum Gasteiger partial charge on any atom is -0.503 e. The Bertz CT molecular complexity index is 1160. The van der Waals surface area contributed by atoms with E-state index in [0.717, 1.165) is 0 Å². The average molecular weight is 445 g/mol. The van der Waals surface area contributed by atoms with E-state index in [9.17, 15) is 10.3 Å². The van der Waals surface area contributed by atoms with Crippen molar-refractivity contribution in [2.45, 2.75) is 6.92 Å². The van der Waals surface area contributed by atoms with E-state index < -0.39 is 0 Å². The molecule has 0 unspecified atom stereocenters. The summed E-state index contributed by atoms with van der Waals surface area (Å²) < 4.78 is 6.49. The van der Waals surface area contributed by atoms with Crippen LogP contribution in [0.1, 0.15) is 18.2 Å². The molecule has 0 aliphatic rings. The summed E-state index contributed by atoms with van der Waals surface area (Å²) in [5.74, 6) is 0.174. The molecule has 0 spiro atoms. The zero-order chi connectivity index (χ0) is 20.3.